The number of carbonyl (C=O) groups excluding carboxylic acids is 1. The van der Waals surface area contributed by atoms with Crippen LogP contribution in [-0.4, -0.2) is 88.7 Å². The first-order valence-corrected chi connectivity index (χ1v) is 10.5. The van der Waals surface area contributed by atoms with Gasteiger partial charge >= 0.3 is 0 Å². The Morgan fingerprint density at radius 3 is 2.55 bits per heavy atom. The van der Waals surface area contributed by atoms with Gasteiger partial charge in [-0.25, -0.2) is 0 Å². The van der Waals surface area contributed by atoms with Crippen molar-refractivity contribution in [1.29, 1.82) is 0 Å². The van der Waals surface area contributed by atoms with E-state index < -0.39 is 0 Å². The van der Waals surface area contributed by atoms with Crippen molar-refractivity contribution in [3.8, 4) is 0 Å². The summed E-state index contributed by atoms with van der Waals surface area (Å²) in [6, 6.07) is 7.79. The van der Waals surface area contributed by atoms with Gasteiger partial charge in [-0.3, -0.25) is 9.79 Å². The summed E-state index contributed by atoms with van der Waals surface area (Å²) in [6.45, 7) is 7.91. The summed E-state index contributed by atoms with van der Waals surface area (Å²) in [4.78, 5) is 20.6. The second-order valence-corrected chi connectivity index (χ2v) is 7.47. The van der Waals surface area contributed by atoms with Gasteiger partial charge in [-0.2, -0.15) is 0 Å². The van der Waals surface area contributed by atoms with E-state index in [9.17, 15) is 4.79 Å². The molecule has 164 valence electrons. The van der Waals surface area contributed by atoms with Crippen molar-refractivity contribution in [3.05, 3.63) is 35.4 Å². The zero-order valence-electron chi connectivity index (χ0n) is 19.0. The van der Waals surface area contributed by atoms with Gasteiger partial charge in [0.15, 0.2) is 5.96 Å². The highest BCUT2D eigenvalue weighted by Gasteiger charge is 2.10. The van der Waals surface area contributed by atoms with Gasteiger partial charge in [0.25, 0.3) is 5.91 Å². The highest BCUT2D eigenvalue weighted by Crippen LogP contribution is 2.08. The summed E-state index contributed by atoms with van der Waals surface area (Å²) in [6.07, 6.45) is 1.89. The summed E-state index contributed by atoms with van der Waals surface area (Å²) < 4.78 is 5.82. The van der Waals surface area contributed by atoms with E-state index in [4.69, 9.17) is 9.73 Å². The van der Waals surface area contributed by atoms with Gasteiger partial charge in [-0.15, -0.1) is 0 Å². The van der Waals surface area contributed by atoms with Crippen LogP contribution in [0.5, 0.6) is 0 Å². The van der Waals surface area contributed by atoms with Crippen molar-refractivity contribution in [3.63, 3.8) is 0 Å². The number of carbonyl (C=O) groups is 1. The Balaban J connectivity index is 2.61. The maximum Gasteiger partial charge on any atom is 0.253 e. The van der Waals surface area contributed by atoms with E-state index in [0.29, 0.717) is 18.7 Å². The molecule has 29 heavy (non-hydrogen) atoms. The molecule has 0 aliphatic heterocycles. The highest BCUT2D eigenvalue weighted by molar-refractivity contribution is 5.94. The van der Waals surface area contributed by atoms with Gasteiger partial charge in [0.2, 0.25) is 0 Å². The summed E-state index contributed by atoms with van der Waals surface area (Å²) in [5.41, 5.74) is 1.84. The quantitative estimate of drug-likeness (QED) is 0.410. The number of hydrogen-bond acceptors (Lipinski definition) is 4. The number of benzene rings is 1. The lowest BCUT2D eigenvalue weighted by atomic mass is 10.1. The number of nitrogens with one attached hydrogen (secondary N) is 2. The lowest BCUT2D eigenvalue weighted by Crippen LogP contribution is -2.39. The molecule has 0 spiro atoms. The van der Waals surface area contributed by atoms with Crippen LogP contribution in [0.4, 0.5) is 0 Å². The second-order valence-electron chi connectivity index (χ2n) is 7.47. The van der Waals surface area contributed by atoms with E-state index in [2.05, 4.69) is 36.6 Å². The number of nitrogens with zero attached hydrogens (tertiary/aromatic N) is 3. The van der Waals surface area contributed by atoms with Gasteiger partial charge in [-0.1, -0.05) is 12.1 Å². The van der Waals surface area contributed by atoms with Crippen molar-refractivity contribution >= 4 is 11.9 Å². The lowest BCUT2D eigenvalue weighted by Gasteiger charge is -2.19. The first-order chi connectivity index (χ1) is 13.9. The van der Waals surface area contributed by atoms with Crippen LogP contribution in [-0.2, 0) is 11.2 Å². The maximum atomic E-state index is 12.1. The predicted octanol–water partition coefficient (Wildman–Crippen LogP) is 1.84. The zero-order valence-corrected chi connectivity index (χ0v) is 19.0. The van der Waals surface area contributed by atoms with E-state index in [1.54, 1.807) is 19.0 Å². The molecular weight excluding hydrogens is 366 g/mol. The monoisotopic (exact) mass is 405 g/mol. The summed E-state index contributed by atoms with van der Waals surface area (Å²) >= 11 is 0. The first kappa shape index (κ1) is 24.9. The minimum Gasteiger partial charge on any atom is -0.377 e. The highest BCUT2D eigenvalue weighted by atomic mass is 16.5. The number of hydrogen-bond donors (Lipinski definition) is 2. The van der Waals surface area contributed by atoms with Gasteiger partial charge in [0, 0.05) is 45.9 Å². The molecule has 2 N–H and O–H groups in total. The third kappa shape index (κ3) is 10.3. The fraction of sp³-hybridized carbons (Fsp3) is 0.636. The number of amides is 1. The first-order valence-electron chi connectivity index (χ1n) is 10.5. The van der Waals surface area contributed by atoms with Crippen LogP contribution in [0, 0.1) is 0 Å². The molecule has 1 aromatic carbocycles. The van der Waals surface area contributed by atoms with Crippen molar-refractivity contribution < 1.29 is 9.53 Å². The molecule has 0 aromatic heterocycles. The predicted molar refractivity (Wildman–Crippen MR) is 121 cm³/mol. The number of guanidine groups is 1. The fourth-order valence-electron chi connectivity index (χ4n) is 2.84. The molecule has 1 unspecified atom stereocenters. The molecule has 7 heteroatoms. The van der Waals surface area contributed by atoms with Crippen LogP contribution in [0.1, 0.15) is 36.2 Å². The average molecular weight is 406 g/mol. The largest absolute Gasteiger partial charge is 0.377 e. The molecule has 0 radical (unpaired) electrons. The molecule has 0 fully saturated rings. The van der Waals surface area contributed by atoms with E-state index >= 15 is 0 Å². The van der Waals surface area contributed by atoms with Gasteiger partial charge in [-0.05, 0) is 58.5 Å². The third-order valence-electron chi connectivity index (χ3n) is 4.38. The molecule has 7 nitrogen and oxygen atoms in total. The van der Waals surface area contributed by atoms with E-state index in [1.165, 1.54) is 0 Å². The number of ether oxygens (including phenoxy) is 1. The summed E-state index contributed by atoms with van der Waals surface area (Å²) in [5, 5.41) is 6.67. The minimum atomic E-state index is 0.0226. The van der Waals surface area contributed by atoms with Crippen LogP contribution >= 0.6 is 0 Å². The molecule has 0 saturated carbocycles. The molecule has 0 aliphatic rings. The molecular formula is C22H39N5O2. The molecule has 1 atom stereocenters. The van der Waals surface area contributed by atoms with Crippen molar-refractivity contribution in [2.45, 2.75) is 32.8 Å². The van der Waals surface area contributed by atoms with E-state index in [0.717, 1.165) is 44.0 Å². The maximum absolute atomic E-state index is 12.1. The van der Waals surface area contributed by atoms with E-state index in [-0.39, 0.29) is 12.0 Å². The second kappa shape index (κ2) is 14.0. The van der Waals surface area contributed by atoms with Crippen LogP contribution in [0.25, 0.3) is 0 Å². The normalized spacial score (nSPS) is 12.7. The molecule has 1 aromatic rings. The van der Waals surface area contributed by atoms with Crippen LogP contribution in [0.15, 0.2) is 29.3 Å². The Bertz CT molecular complexity index is 631. The minimum absolute atomic E-state index is 0.0226. The third-order valence-corrected chi connectivity index (χ3v) is 4.38. The standard InChI is InChI=1S/C22H39N5O2/c1-7-23-22(25-17-20(29-8-2)13-15-26(3)4)24-14-12-18-10-9-11-19(16-18)21(28)27(5)6/h9-11,16,20H,7-8,12-15,17H2,1-6H3,(H2,23,24,25). The molecule has 0 aliphatic carbocycles. The molecule has 1 amide bonds. The average Bonchev–Trinajstić information content (AvgIpc) is 2.69. The zero-order chi connectivity index (χ0) is 21.6. The van der Waals surface area contributed by atoms with Crippen LogP contribution in [0.2, 0.25) is 0 Å². The van der Waals surface area contributed by atoms with E-state index in [1.807, 2.05) is 31.2 Å². The SMILES string of the molecule is CCNC(=NCC(CCN(C)C)OCC)NCCc1cccc(C(=O)N(C)C)c1. The van der Waals surface area contributed by atoms with Crippen molar-refractivity contribution in [2.75, 3.05) is 61.0 Å². The van der Waals surface area contributed by atoms with Gasteiger partial charge in [0.1, 0.15) is 0 Å². The molecule has 0 bridgehead atoms. The summed E-state index contributed by atoms with van der Waals surface area (Å²) in [7, 11) is 7.67. The molecule has 1 rings (SSSR count). The number of aliphatic imine (C=N–C) groups is 1. The van der Waals surface area contributed by atoms with Gasteiger partial charge < -0.3 is 25.2 Å². The Kier molecular flexibility index (Phi) is 12.0. The Morgan fingerprint density at radius 1 is 1.17 bits per heavy atom. The number of rotatable bonds is 12. The molecule has 0 heterocycles. The van der Waals surface area contributed by atoms with Crippen LogP contribution in [0.3, 0.4) is 0 Å². The van der Waals surface area contributed by atoms with Gasteiger partial charge in [0.05, 0.1) is 12.6 Å². The van der Waals surface area contributed by atoms with Crippen molar-refractivity contribution in [2.24, 2.45) is 4.99 Å². The smallest absolute Gasteiger partial charge is 0.253 e. The Labute approximate surface area is 176 Å². The van der Waals surface area contributed by atoms with Crippen molar-refractivity contribution in [1.82, 2.24) is 20.4 Å². The topological polar surface area (TPSA) is 69.2 Å². The van der Waals surface area contributed by atoms with Crippen LogP contribution < -0.4 is 10.6 Å². The Morgan fingerprint density at radius 2 is 1.93 bits per heavy atom. The summed E-state index contributed by atoms with van der Waals surface area (Å²) in [5.74, 6) is 0.817. The molecule has 0 saturated heterocycles. The lowest BCUT2D eigenvalue weighted by molar-refractivity contribution is 0.0582. The fourth-order valence-corrected chi connectivity index (χ4v) is 2.84. The Hall–Kier alpha value is -2.12.